The summed E-state index contributed by atoms with van der Waals surface area (Å²) >= 11 is 8.62. The van der Waals surface area contributed by atoms with Gasteiger partial charge in [-0.05, 0) is 54.8 Å². The monoisotopic (exact) mass is 678 g/mol. The molecule has 5 aromatic heterocycles. The Kier molecular flexibility index (Phi) is 7.62. The minimum atomic E-state index is -0.0197. The van der Waals surface area contributed by atoms with E-state index in [4.69, 9.17) is 22.6 Å². The van der Waals surface area contributed by atoms with E-state index in [1.165, 1.54) is 49.5 Å². The molecule has 0 bridgehead atoms. The number of hydrogen-bond donors (Lipinski definition) is 0. The number of thiophene rings is 5. The minimum Gasteiger partial charge on any atom is -0.495 e. The zero-order valence-electron chi connectivity index (χ0n) is 24.1. The number of fused-ring (bicyclic) bond motifs is 7. The Morgan fingerprint density at radius 2 is 1.33 bits per heavy atom. The van der Waals surface area contributed by atoms with Gasteiger partial charge in [-0.2, -0.15) is 0 Å². The zero-order valence-corrected chi connectivity index (χ0v) is 28.2. The summed E-state index contributed by atoms with van der Waals surface area (Å²) in [6.45, 7) is 14.5. The molecule has 0 N–H and O–H groups in total. The van der Waals surface area contributed by atoms with Gasteiger partial charge in [-0.15, -0.1) is 56.7 Å². The first kappa shape index (κ1) is 29.5. The van der Waals surface area contributed by atoms with Gasteiger partial charge in [0, 0.05) is 35.2 Å². The number of allylic oxidation sites excluding steroid dienone is 2. The summed E-state index contributed by atoms with van der Waals surface area (Å²) < 4.78 is 14.1. The number of methoxy groups -OCH3 is 2. The van der Waals surface area contributed by atoms with Crippen molar-refractivity contribution in [3.05, 3.63) is 79.4 Å². The average molecular weight is 679 g/mol. The highest BCUT2D eigenvalue weighted by Crippen LogP contribution is 2.65. The lowest BCUT2D eigenvalue weighted by atomic mass is 9.68. The fourth-order valence-electron chi connectivity index (χ4n) is 6.45. The molecule has 2 aliphatic carbocycles. The Morgan fingerprint density at radius 3 is 1.87 bits per heavy atom. The van der Waals surface area contributed by atoms with Crippen molar-refractivity contribution >= 4 is 78.2 Å². The van der Waals surface area contributed by atoms with Gasteiger partial charge in [0.15, 0.2) is 0 Å². The first-order chi connectivity index (χ1) is 22.0. The van der Waals surface area contributed by atoms with Crippen LogP contribution in [0.4, 0.5) is 0 Å². The summed E-state index contributed by atoms with van der Waals surface area (Å²) in [7, 11) is 3.33. The maximum Gasteiger partial charge on any atom is 0.263 e. The van der Waals surface area contributed by atoms with E-state index in [1.807, 2.05) is 58.3 Å². The Morgan fingerprint density at radius 1 is 0.756 bits per heavy atom. The highest BCUT2D eigenvalue weighted by atomic mass is 32.1. The lowest BCUT2D eigenvalue weighted by molar-refractivity contribution is 0.356. The molecule has 0 amide bonds. The third kappa shape index (κ3) is 4.72. The number of nitriles is 2. The normalized spacial score (nSPS) is 15.2. The molecule has 0 aromatic carbocycles. The maximum absolute atomic E-state index is 9.27. The highest BCUT2D eigenvalue weighted by Gasteiger charge is 2.48. The van der Waals surface area contributed by atoms with Crippen LogP contribution >= 0.6 is 56.7 Å². The van der Waals surface area contributed by atoms with Crippen molar-refractivity contribution < 1.29 is 9.47 Å². The number of ether oxygens (including phenoxy) is 2. The van der Waals surface area contributed by atoms with Gasteiger partial charge in [-0.25, -0.2) is 20.2 Å². The lowest BCUT2D eigenvalue weighted by Crippen LogP contribution is -2.27. The van der Waals surface area contributed by atoms with Crippen molar-refractivity contribution in [2.45, 2.75) is 37.5 Å². The lowest BCUT2D eigenvalue weighted by Gasteiger charge is -2.35. The van der Waals surface area contributed by atoms with E-state index in [9.17, 15) is 10.5 Å². The van der Waals surface area contributed by atoms with Crippen molar-refractivity contribution in [1.29, 1.82) is 10.5 Å². The average Bonchev–Trinajstić information content (AvgIpc) is 3.90. The molecule has 0 saturated heterocycles. The van der Waals surface area contributed by atoms with Crippen molar-refractivity contribution in [2.75, 3.05) is 14.2 Å². The van der Waals surface area contributed by atoms with Gasteiger partial charge >= 0.3 is 0 Å². The van der Waals surface area contributed by atoms with Gasteiger partial charge in [0.25, 0.3) is 11.4 Å². The van der Waals surface area contributed by atoms with Crippen LogP contribution in [0.25, 0.3) is 60.5 Å². The molecule has 45 heavy (non-hydrogen) atoms. The van der Waals surface area contributed by atoms with Crippen LogP contribution in [0.15, 0.2) is 35.7 Å². The first-order valence-corrected chi connectivity index (χ1v) is 18.1. The van der Waals surface area contributed by atoms with Crippen LogP contribution in [0.5, 0.6) is 11.5 Å². The quantitative estimate of drug-likeness (QED) is 0.132. The van der Waals surface area contributed by atoms with Crippen molar-refractivity contribution in [3.63, 3.8) is 0 Å². The summed E-state index contributed by atoms with van der Waals surface area (Å²) in [6.07, 6.45) is 9.15. The Hall–Kier alpha value is -4.20. The van der Waals surface area contributed by atoms with Crippen LogP contribution in [-0.4, -0.2) is 14.2 Å². The SMILES string of the molecule is [C-]#[N+]/C(C#N)=C\c1cc(OC)c(-c2cc3sc4c(c3s2)C2(CCCCC2)c2cc(-c3sc(/C=C(\C#N)[N+]#[C-])cc3OC)sc2-4)s1. The number of nitrogens with zero attached hydrogens (tertiary/aromatic N) is 4. The van der Waals surface area contributed by atoms with Gasteiger partial charge in [0.05, 0.1) is 63.7 Å². The molecule has 0 atom stereocenters. The van der Waals surface area contributed by atoms with Gasteiger partial charge < -0.3 is 9.47 Å². The van der Waals surface area contributed by atoms with E-state index in [-0.39, 0.29) is 16.8 Å². The van der Waals surface area contributed by atoms with Crippen LogP contribution in [0.3, 0.4) is 0 Å². The molecule has 0 aliphatic heterocycles. The summed E-state index contributed by atoms with van der Waals surface area (Å²) in [4.78, 5) is 15.4. The molecule has 5 aromatic rings. The molecule has 2 aliphatic rings. The molecule has 1 saturated carbocycles. The number of hydrogen-bond acceptors (Lipinski definition) is 9. The molecular weight excluding hydrogens is 657 g/mol. The van der Waals surface area contributed by atoms with Crippen molar-refractivity contribution in [3.8, 4) is 52.9 Å². The fourth-order valence-corrected chi connectivity index (χ4v) is 13.0. The molecule has 1 fully saturated rings. The highest BCUT2D eigenvalue weighted by molar-refractivity contribution is 7.34. The molecule has 5 heterocycles. The molecule has 11 heteroatoms. The largest absolute Gasteiger partial charge is 0.495 e. The summed E-state index contributed by atoms with van der Waals surface area (Å²) in [6, 6.07) is 12.4. The third-order valence-corrected chi connectivity index (χ3v) is 14.6. The molecule has 0 unspecified atom stereocenters. The Labute approximate surface area is 280 Å². The topological polar surface area (TPSA) is 74.8 Å². The van der Waals surface area contributed by atoms with Crippen LogP contribution in [0, 0.1) is 35.8 Å². The summed E-state index contributed by atoms with van der Waals surface area (Å²) in [5.41, 5.74) is 3.01. The van der Waals surface area contributed by atoms with E-state index < -0.39 is 0 Å². The van der Waals surface area contributed by atoms with Crippen LogP contribution in [0.1, 0.15) is 53.0 Å². The van der Waals surface area contributed by atoms with E-state index >= 15 is 0 Å². The van der Waals surface area contributed by atoms with Crippen molar-refractivity contribution in [2.24, 2.45) is 0 Å². The van der Waals surface area contributed by atoms with Gasteiger partial charge in [0.2, 0.25) is 0 Å². The minimum absolute atomic E-state index is 0.0197. The van der Waals surface area contributed by atoms with E-state index in [0.717, 1.165) is 53.6 Å². The predicted octanol–water partition coefficient (Wildman–Crippen LogP) is 11.3. The van der Waals surface area contributed by atoms with Crippen LogP contribution < -0.4 is 9.47 Å². The van der Waals surface area contributed by atoms with E-state index in [0.29, 0.717) is 0 Å². The molecule has 220 valence electrons. The Balaban J connectivity index is 1.35. The second-order valence-electron chi connectivity index (χ2n) is 10.7. The maximum atomic E-state index is 9.27. The molecular formula is C34H22N4O2S5. The second kappa shape index (κ2) is 11.6. The predicted molar refractivity (Wildman–Crippen MR) is 187 cm³/mol. The summed E-state index contributed by atoms with van der Waals surface area (Å²) in [5.74, 6) is 1.52. The summed E-state index contributed by atoms with van der Waals surface area (Å²) in [5, 5.41) is 18.5. The molecule has 1 spiro atoms. The first-order valence-electron chi connectivity index (χ1n) is 14.0. The third-order valence-electron chi connectivity index (χ3n) is 8.35. The van der Waals surface area contributed by atoms with Gasteiger partial charge in [0.1, 0.15) is 11.5 Å². The van der Waals surface area contributed by atoms with Gasteiger partial charge in [-0.1, -0.05) is 19.3 Å². The Bertz CT molecular complexity index is 2200. The fraction of sp³-hybridized carbons (Fsp3) is 0.235. The molecule has 6 nitrogen and oxygen atoms in total. The standard InChI is InChI=1S/C34H22N4O2S5/c1-37-18(16-35)10-20-12-23(39-3)30(41-20)25-14-22-29(43-25)33-28(34(22)8-6-5-7-9-34)32-27(45-33)15-26(44-32)31-24(40-4)13-21(42-31)11-19(17-36)38-2/h10-15H,5-9H2,3-4H3/b18-10+,19-11-. The van der Waals surface area contributed by atoms with E-state index in [2.05, 4.69) is 21.8 Å². The molecule has 0 radical (unpaired) electrons. The van der Waals surface area contributed by atoms with Crippen LogP contribution in [0.2, 0.25) is 0 Å². The van der Waals surface area contributed by atoms with Crippen molar-refractivity contribution in [1.82, 2.24) is 0 Å². The molecule has 7 rings (SSSR count). The van der Waals surface area contributed by atoms with Gasteiger partial charge in [-0.3, -0.25) is 0 Å². The second-order valence-corrected chi connectivity index (χ2v) is 16.0. The zero-order chi connectivity index (χ0) is 31.3. The van der Waals surface area contributed by atoms with Crippen LogP contribution in [-0.2, 0) is 5.41 Å². The van der Waals surface area contributed by atoms with E-state index in [1.54, 1.807) is 49.0 Å². The smallest absolute Gasteiger partial charge is 0.263 e. The number of rotatable bonds is 6.